The Labute approximate surface area is 277 Å². The average molecular weight is 706 g/mol. The van der Waals surface area contributed by atoms with Crippen LogP contribution >= 0.6 is 34.9 Å². The average Bonchev–Trinajstić information content (AvgIpc) is 3.46. The van der Waals surface area contributed by atoms with E-state index in [1.165, 1.54) is 16.3 Å². The number of carboxylic acids is 2. The first-order valence-corrected chi connectivity index (χ1v) is 16.3. The summed E-state index contributed by atoms with van der Waals surface area (Å²) in [6.45, 7) is 1.51. The third kappa shape index (κ3) is 6.62. The lowest BCUT2D eigenvalue weighted by molar-refractivity contribution is -0.157. The lowest BCUT2D eigenvalue weighted by Gasteiger charge is -2.53. The largest absolute Gasteiger partial charge is 0.504 e. The van der Waals surface area contributed by atoms with Crippen LogP contribution in [-0.4, -0.2) is 99.2 Å². The minimum absolute atomic E-state index is 0.00768. The maximum atomic E-state index is 13.4. The number of nitrogens with zero attached hydrogens (tertiary/aromatic N) is 5. The Balaban J connectivity index is 1.30. The van der Waals surface area contributed by atoms with E-state index in [0.29, 0.717) is 5.56 Å². The first kappa shape index (κ1) is 33.3. The molecule has 2 aliphatic rings. The number of thioether (sulfide) groups is 2. The summed E-state index contributed by atoms with van der Waals surface area (Å²) in [5, 5.41) is 46.6. The Bertz CT molecular complexity index is 1780. The second kappa shape index (κ2) is 13.0. The van der Waals surface area contributed by atoms with Crippen LogP contribution in [0.15, 0.2) is 33.9 Å². The minimum atomic E-state index is -1.81. The molecule has 0 aliphatic carbocycles. The molecule has 2 unspecified atom stereocenters. The second-order valence-electron chi connectivity index (χ2n) is 10.5. The van der Waals surface area contributed by atoms with E-state index in [-0.39, 0.29) is 51.2 Å². The molecule has 1 aromatic carbocycles. The van der Waals surface area contributed by atoms with Gasteiger partial charge in [-0.05, 0) is 19.1 Å². The predicted molar refractivity (Wildman–Crippen MR) is 171 cm³/mol. The standard InChI is InChI=1S/C26H27N9O9S3/c1-9-17(27)32-25(33-18(9)28)47-8-26(23(42)43)6-35-20(39)15(21(35)46-7-26)31-19(38)14(11-5-45-24(29)30-11)34-44-16(22(40)41)10-2-3-12(36)13(37)4-10/h2-5,15-16,21,36-37H,6-8H2,1H3,(H2,29,30)(H,31,38)(H,40,41)(H,42,43)(H4,27,28,32,33)/t15?,16-,21+,26?/m0/s1. The van der Waals surface area contributed by atoms with Gasteiger partial charge >= 0.3 is 11.9 Å². The fourth-order valence-electron chi connectivity index (χ4n) is 4.57. The topological polar surface area (TPSA) is 303 Å². The Morgan fingerprint density at radius 1 is 1.17 bits per heavy atom. The Morgan fingerprint density at radius 3 is 2.47 bits per heavy atom. The van der Waals surface area contributed by atoms with Crippen molar-refractivity contribution in [3.05, 3.63) is 40.4 Å². The van der Waals surface area contributed by atoms with Gasteiger partial charge in [-0.25, -0.2) is 19.7 Å². The van der Waals surface area contributed by atoms with Crippen LogP contribution < -0.4 is 22.5 Å². The summed E-state index contributed by atoms with van der Waals surface area (Å²) in [6.07, 6.45) is -1.81. The normalized spacial score (nSPS) is 21.3. The van der Waals surface area contributed by atoms with Crippen LogP contribution in [-0.2, 0) is 24.0 Å². The number of benzene rings is 1. The molecule has 3 aromatic rings. The van der Waals surface area contributed by atoms with Crippen molar-refractivity contribution in [3.63, 3.8) is 0 Å². The molecule has 2 aromatic heterocycles. The van der Waals surface area contributed by atoms with Crippen molar-refractivity contribution in [2.24, 2.45) is 10.6 Å². The van der Waals surface area contributed by atoms with E-state index in [0.717, 1.165) is 47.0 Å². The number of carbonyl (C=O) groups excluding carboxylic acids is 2. The molecular weight excluding hydrogens is 679 g/mol. The maximum Gasteiger partial charge on any atom is 0.352 e. The molecular formula is C26H27N9O9S3. The minimum Gasteiger partial charge on any atom is -0.504 e. The summed E-state index contributed by atoms with van der Waals surface area (Å²) >= 11 is 3.17. The van der Waals surface area contributed by atoms with E-state index in [9.17, 15) is 39.6 Å². The number of aromatic nitrogens is 3. The van der Waals surface area contributed by atoms with Crippen molar-refractivity contribution in [3.8, 4) is 11.5 Å². The number of phenols is 2. The maximum absolute atomic E-state index is 13.4. The van der Waals surface area contributed by atoms with Crippen LogP contribution in [0.25, 0.3) is 0 Å². The highest BCUT2D eigenvalue weighted by molar-refractivity contribution is 8.00. The second-order valence-corrected chi connectivity index (χ2v) is 13.4. The van der Waals surface area contributed by atoms with Crippen LogP contribution in [0.3, 0.4) is 0 Å². The molecule has 18 nitrogen and oxygen atoms in total. The fourth-order valence-corrected chi connectivity index (χ4v) is 7.84. The van der Waals surface area contributed by atoms with Gasteiger partial charge in [-0.2, -0.15) is 0 Å². The van der Waals surface area contributed by atoms with E-state index < -0.39 is 63.9 Å². The number of anilines is 3. The predicted octanol–water partition coefficient (Wildman–Crippen LogP) is 0.209. The molecule has 2 aliphatic heterocycles. The molecule has 2 fully saturated rings. The lowest BCUT2D eigenvalue weighted by Crippen LogP contribution is -2.74. The van der Waals surface area contributed by atoms with Gasteiger partial charge in [-0.15, -0.1) is 23.1 Å². The number of carbonyl (C=O) groups is 4. The highest BCUT2D eigenvalue weighted by atomic mass is 32.2. The van der Waals surface area contributed by atoms with Crippen molar-refractivity contribution < 1.29 is 44.4 Å². The monoisotopic (exact) mass is 705 g/mol. The number of nitrogens with two attached hydrogens (primary N) is 3. The number of oxime groups is 1. The van der Waals surface area contributed by atoms with Crippen LogP contribution in [0.4, 0.5) is 16.8 Å². The number of phenolic OH excluding ortho intramolecular Hbond substituents is 2. The van der Waals surface area contributed by atoms with E-state index >= 15 is 0 Å². The molecule has 47 heavy (non-hydrogen) atoms. The zero-order valence-corrected chi connectivity index (χ0v) is 26.6. The summed E-state index contributed by atoms with van der Waals surface area (Å²) in [4.78, 5) is 69.9. The van der Waals surface area contributed by atoms with E-state index in [2.05, 4.69) is 25.4 Å². The van der Waals surface area contributed by atoms with Crippen LogP contribution in [0, 0.1) is 12.3 Å². The number of β-lactam (4-membered cyclic amide) rings is 1. The summed E-state index contributed by atoms with van der Waals surface area (Å²) < 4.78 is 0. The third-order valence-corrected chi connectivity index (χ3v) is 10.7. The lowest BCUT2D eigenvalue weighted by atomic mass is 9.89. The molecule has 0 saturated carbocycles. The summed E-state index contributed by atoms with van der Waals surface area (Å²) in [6, 6.07) is 2.12. The van der Waals surface area contributed by atoms with Crippen molar-refractivity contribution in [1.29, 1.82) is 0 Å². The highest BCUT2D eigenvalue weighted by Gasteiger charge is 2.57. The quantitative estimate of drug-likeness (QED) is 0.0330. The van der Waals surface area contributed by atoms with Crippen molar-refractivity contribution >= 4 is 81.1 Å². The molecule has 4 atom stereocenters. The van der Waals surface area contributed by atoms with E-state index in [1.54, 1.807) is 6.92 Å². The number of nitrogens with one attached hydrogen (secondary N) is 1. The first-order chi connectivity index (χ1) is 22.2. The molecule has 2 saturated heterocycles. The number of fused-ring (bicyclic) bond motifs is 1. The zero-order chi connectivity index (χ0) is 34.2. The van der Waals surface area contributed by atoms with Gasteiger partial charge in [0.1, 0.15) is 34.2 Å². The molecule has 0 radical (unpaired) electrons. The summed E-state index contributed by atoms with van der Waals surface area (Å²) in [5.41, 5.74) is 15.9. The Morgan fingerprint density at radius 2 is 1.87 bits per heavy atom. The number of hydrogen-bond donors (Lipinski definition) is 8. The SMILES string of the molecule is Cc1c(N)nc(SCC2(C(=O)O)CS[C@@H]3C(NC(=O)C(=NO[C@H](C(=O)O)c4ccc(O)c(O)c4)c4csc(N)n4)C(=O)N3C2)nc1N. The van der Waals surface area contributed by atoms with Gasteiger partial charge in [0.2, 0.25) is 12.0 Å². The Kier molecular flexibility index (Phi) is 9.22. The Hall–Kier alpha value is -5.02. The van der Waals surface area contributed by atoms with Crippen LogP contribution in [0.5, 0.6) is 11.5 Å². The number of aromatic hydroxyl groups is 2. The zero-order valence-electron chi connectivity index (χ0n) is 24.2. The molecule has 5 rings (SSSR count). The highest BCUT2D eigenvalue weighted by Crippen LogP contribution is 2.44. The van der Waals surface area contributed by atoms with Gasteiger partial charge in [-0.1, -0.05) is 23.0 Å². The van der Waals surface area contributed by atoms with Gasteiger partial charge in [-0.3, -0.25) is 14.4 Å². The molecule has 4 heterocycles. The van der Waals surface area contributed by atoms with Crippen molar-refractivity contribution in [1.82, 2.24) is 25.2 Å². The van der Waals surface area contributed by atoms with Crippen molar-refractivity contribution in [2.75, 3.05) is 35.3 Å². The van der Waals surface area contributed by atoms with Gasteiger partial charge < -0.3 is 52.7 Å². The van der Waals surface area contributed by atoms with Gasteiger partial charge in [0, 0.05) is 34.6 Å². The van der Waals surface area contributed by atoms with E-state index in [1.807, 2.05) is 0 Å². The fraction of sp³-hybridized carbons (Fsp3) is 0.308. The van der Waals surface area contributed by atoms with Crippen LogP contribution in [0.2, 0.25) is 0 Å². The van der Waals surface area contributed by atoms with E-state index in [4.69, 9.17) is 22.0 Å². The number of amides is 2. The summed E-state index contributed by atoms with van der Waals surface area (Å²) in [7, 11) is 0. The van der Waals surface area contributed by atoms with Gasteiger partial charge in [0.25, 0.3) is 5.91 Å². The number of hydrogen-bond acceptors (Lipinski definition) is 17. The number of rotatable bonds is 11. The number of thiazole rings is 1. The van der Waals surface area contributed by atoms with Gasteiger partial charge in [0.15, 0.2) is 27.5 Å². The van der Waals surface area contributed by atoms with Crippen LogP contribution in [0.1, 0.15) is 22.9 Å². The molecule has 0 bridgehead atoms. The molecule has 2 amide bonds. The molecule has 21 heteroatoms. The molecule has 11 N–H and O–H groups in total. The number of carboxylic acid groups (broad SMARTS) is 2. The molecule has 0 spiro atoms. The number of aliphatic carboxylic acids is 2. The number of nitrogen functional groups attached to an aromatic ring is 3. The smallest absolute Gasteiger partial charge is 0.352 e. The third-order valence-electron chi connectivity index (χ3n) is 7.32. The van der Waals surface area contributed by atoms with Gasteiger partial charge in [0.05, 0.1) is 0 Å². The first-order valence-electron chi connectivity index (χ1n) is 13.4. The molecule has 248 valence electrons. The van der Waals surface area contributed by atoms with Crippen molar-refractivity contribution in [2.45, 2.75) is 29.6 Å². The summed E-state index contributed by atoms with van der Waals surface area (Å²) in [5.74, 6) is -4.81.